The Morgan fingerprint density at radius 2 is 1.71 bits per heavy atom. The van der Waals surface area contributed by atoms with E-state index in [1.165, 1.54) is 25.3 Å². The van der Waals surface area contributed by atoms with Gasteiger partial charge >= 0.3 is 5.97 Å². The number of benzene rings is 1. The molecule has 0 radical (unpaired) electrons. The maximum atomic E-state index is 12.8. The summed E-state index contributed by atoms with van der Waals surface area (Å²) in [6, 6.07) is 4.08. The molecule has 0 aliphatic heterocycles. The van der Waals surface area contributed by atoms with Crippen LogP contribution in [0.25, 0.3) is 0 Å². The summed E-state index contributed by atoms with van der Waals surface area (Å²) in [7, 11) is -2.49. The Labute approximate surface area is 184 Å². The van der Waals surface area contributed by atoms with Gasteiger partial charge in [-0.2, -0.15) is 0 Å². The highest BCUT2D eigenvalue weighted by Gasteiger charge is 2.27. The molecule has 0 spiro atoms. The fourth-order valence-electron chi connectivity index (χ4n) is 4.23. The molecule has 2 fully saturated rings. The minimum Gasteiger partial charge on any atom is -0.495 e. The molecule has 9 heteroatoms. The number of hydrogen-bond acceptors (Lipinski definition) is 6. The van der Waals surface area contributed by atoms with Crippen LogP contribution in [0.4, 0.5) is 0 Å². The van der Waals surface area contributed by atoms with Gasteiger partial charge in [-0.25, -0.2) is 17.9 Å². The predicted octanol–water partition coefficient (Wildman–Crippen LogP) is 2.77. The van der Waals surface area contributed by atoms with Crippen molar-refractivity contribution in [2.75, 3.05) is 13.7 Å². The number of hydrogen-bond donors (Lipinski definition) is 2. The highest BCUT2D eigenvalue weighted by Crippen LogP contribution is 2.27. The van der Waals surface area contributed by atoms with Crippen LogP contribution in [0.3, 0.4) is 0 Å². The van der Waals surface area contributed by atoms with Crippen molar-refractivity contribution in [1.29, 1.82) is 0 Å². The fourth-order valence-corrected chi connectivity index (χ4v) is 5.73. The lowest BCUT2D eigenvalue weighted by Crippen LogP contribution is -2.39. The number of methoxy groups -OCH3 is 1. The summed E-state index contributed by atoms with van der Waals surface area (Å²) in [4.78, 5) is 24.5. The molecular formula is C22H32N2O6S. The van der Waals surface area contributed by atoms with Crippen molar-refractivity contribution in [3.8, 4) is 5.75 Å². The van der Waals surface area contributed by atoms with Gasteiger partial charge in [0.2, 0.25) is 10.0 Å². The number of rotatable bonds is 8. The second-order valence-electron chi connectivity index (χ2n) is 8.57. The summed E-state index contributed by atoms with van der Waals surface area (Å²) in [5, 5.41) is 2.90. The highest BCUT2D eigenvalue weighted by atomic mass is 32.2. The number of sulfonamides is 1. The maximum Gasteiger partial charge on any atom is 0.338 e. The van der Waals surface area contributed by atoms with Crippen LogP contribution in [0.15, 0.2) is 23.1 Å². The molecule has 1 aromatic rings. The summed E-state index contributed by atoms with van der Waals surface area (Å²) in [6.45, 7) is 1.80. The van der Waals surface area contributed by atoms with E-state index in [0.717, 1.165) is 51.4 Å². The van der Waals surface area contributed by atoms with Gasteiger partial charge in [0.05, 0.1) is 12.7 Å². The van der Waals surface area contributed by atoms with Gasteiger partial charge in [-0.1, -0.05) is 19.8 Å². The van der Waals surface area contributed by atoms with Crippen LogP contribution in [0, 0.1) is 5.92 Å². The van der Waals surface area contributed by atoms with Crippen LogP contribution < -0.4 is 14.8 Å². The number of carbonyl (C=O) groups excluding carboxylic acids is 2. The Hall–Kier alpha value is -2.13. The zero-order chi connectivity index (χ0) is 22.4. The minimum absolute atomic E-state index is 0.0480. The largest absolute Gasteiger partial charge is 0.495 e. The van der Waals surface area contributed by atoms with Crippen molar-refractivity contribution in [1.82, 2.24) is 10.0 Å². The van der Waals surface area contributed by atoms with Crippen LogP contribution in [0.2, 0.25) is 0 Å². The molecule has 0 saturated heterocycles. The van der Waals surface area contributed by atoms with E-state index in [2.05, 4.69) is 17.0 Å². The van der Waals surface area contributed by atoms with Gasteiger partial charge in [-0.05, 0) is 62.6 Å². The Kier molecular flexibility index (Phi) is 7.94. The summed E-state index contributed by atoms with van der Waals surface area (Å²) >= 11 is 0. The van der Waals surface area contributed by atoms with Crippen molar-refractivity contribution in [2.45, 2.75) is 75.3 Å². The lowest BCUT2D eigenvalue weighted by Gasteiger charge is -2.26. The molecular weight excluding hydrogens is 420 g/mol. The number of esters is 1. The lowest BCUT2D eigenvalue weighted by atomic mass is 9.87. The third-order valence-electron chi connectivity index (χ3n) is 6.08. The van der Waals surface area contributed by atoms with Crippen LogP contribution in [0.5, 0.6) is 5.75 Å². The molecule has 0 heterocycles. The maximum absolute atomic E-state index is 12.8. The zero-order valence-corrected chi connectivity index (χ0v) is 19.0. The predicted molar refractivity (Wildman–Crippen MR) is 115 cm³/mol. The van der Waals surface area contributed by atoms with Gasteiger partial charge in [-0.15, -0.1) is 0 Å². The van der Waals surface area contributed by atoms with E-state index in [9.17, 15) is 18.0 Å². The van der Waals surface area contributed by atoms with Crippen molar-refractivity contribution < 1.29 is 27.5 Å². The zero-order valence-electron chi connectivity index (χ0n) is 18.2. The number of nitrogens with one attached hydrogen (secondary N) is 2. The van der Waals surface area contributed by atoms with Gasteiger partial charge in [-0.3, -0.25) is 4.79 Å². The summed E-state index contributed by atoms with van der Waals surface area (Å²) in [5.74, 6) is -0.287. The highest BCUT2D eigenvalue weighted by molar-refractivity contribution is 7.89. The number of ether oxygens (including phenoxy) is 2. The molecule has 0 unspecified atom stereocenters. The van der Waals surface area contributed by atoms with E-state index < -0.39 is 22.6 Å². The Balaban J connectivity index is 1.61. The summed E-state index contributed by atoms with van der Waals surface area (Å²) in [6.07, 6.45) is 7.54. The lowest BCUT2D eigenvalue weighted by molar-refractivity contribution is -0.125. The monoisotopic (exact) mass is 452 g/mol. The van der Waals surface area contributed by atoms with E-state index in [4.69, 9.17) is 9.47 Å². The first-order valence-corrected chi connectivity index (χ1v) is 12.4. The molecule has 1 amide bonds. The molecule has 1 aromatic carbocycles. The molecule has 8 nitrogen and oxygen atoms in total. The van der Waals surface area contributed by atoms with Crippen LogP contribution >= 0.6 is 0 Å². The third-order valence-corrected chi connectivity index (χ3v) is 7.62. The topological polar surface area (TPSA) is 111 Å². The van der Waals surface area contributed by atoms with Crippen molar-refractivity contribution in [2.24, 2.45) is 5.92 Å². The van der Waals surface area contributed by atoms with Crippen LogP contribution in [-0.4, -0.2) is 46.1 Å². The first kappa shape index (κ1) is 23.5. The van der Waals surface area contributed by atoms with E-state index in [1.807, 2.05) is 0 Å². The van der Waals surface area contributed by atoms with E-state index in [1.54, 1.807) is 0 Å². The van der Waals surface area contributed by atoms with Crippen LogP contribution in [-0.2, 0) is 19.6 Å². The Morgan fingerprint density at radius 1 is 1.03 bits per heavy atom. The summed E-state index contributed by atoms with van der Waals surface area (Å²) < 4.78 is 38.7. The Bertz CT molecular complexity index is 887. The first-order chi connectivity index (χ1) is 14.8. The molecule has 2 saturated carbocycles. The second-order valence-corrected chi connectivity index (χ2v) is 10.3. The molecule has 0 bridgehead atoms. The van der Waals surface area contributed by atoms with Crippen molar-refractivity contribution >= 4 is 21.9 Å². The smallest absolute Gasteiger partial charge is 0.338 e. The van der Waals surface area contributed by atoms with Gasteiger partial charge < -0.3 is 14.8 Å². The van der Waals surface area contributed by atoms with Crippen LogP contribution in [0.1, 0.15) is 68.6 Å². The normalized spacial score (nSPS) is 22.1. The molecule has 31 heavy (non-hydrogen) atoms. The molecule has 3 rings (SSSR count). The molecule has 0 atom stereocenters. The standard InChI is InChI=1S/C22H32N2O6S/c1-15-7-10-17(11-8-15)23-21(25)14-30-22(26)16-9-12-19(29-2)20(13-16)31(27,28)24-18-5-3-4-6-18/h9,12-13,15,17-18,24H,3-8,10-11,14H2,1-2H3,(H,23,25). The molecule has 0 aromatic heterocycles. The number of amides is 1. The average molecular weight is 453 g/mol. The minimum atomic E-state index is -3.86. The average Bonchev–Trinajstić information content (AvgIpc) is 3.25. The van der Waals surface area contributed by atoms with E-state index >= 15 is 0 Å². The first-order valence-electron chi connectivity index (χ1n) is 11.0. The van der Waals surface area contributed by atoms with E-state index in [0.29, 0.717) is 5.92 Å². The summed E-state index contributed by atoms with van der Waals surface area (Å²) in [5.41, 5.74) is 0.0480. The van der Waals surface area contributed by atoms with Gasteiger partial charge in [0, 0.05) is 12.1 Å². The van der Waals surface area contributed by atoms with Crippen molar-refractivity contribution in [3.05, 3.63) is 23.8 Å². The van der Waals surface area contributed by atoms with Gasteiger partial charge in [0.15, 0.2) is 6.61 Å². The third kappa shape index (κ3) is 6.43. The van der Waals surface area contributed by atoms with E-state index in [-0.39, 0.29) is 34.2 Å². The molecule has 2 aliphatic rings. The fraction of sp³-hybridized carbons (Fsp3) is 0.636. The Morgan fingerprint density at radius 3 is 2.35 bits per heavy atom. The SMILES string of the molecule is COc1ccc(C(=O)OCC(=O)NC2CCC(C)CC2)cc1S(=O)(=O)NC1CCCC1. The second kappa shape index (κ2) is 10.5. The number of carbonyl (C=O) groups is 2. The van der Waals surface area contributed by atoms with Gasteiger partial charge in [0.25, 0.3) is 5.91 Å². The van der Waals surface area contributed by atoms with Crippen molar-refractivity contribution in [3.63, 3.8) is 0 Å². The molecule has 172 valence electrons. The molecule has 2 N–H and O–H groups in total. The molecule has 2 aliphatic carbocycles. The quantitative estimate of drug-likeness (QED) is 0.587. The van der Waals surface area contributed by atoms with Gasteiger partial charge in [0.1, 0.15) is 10.6 Å².